The van der Waals surface area contributed by atoms with Gasteiger partial charge in [-0.1, -0.05) is 173 Å². The number of fused-ring (bicyclic) bond motifs is 1. The second-order valence-electron chi connectivity index (χ2n) is 18.3. The molecule has 0 unspecified atom stereocenters. The molecule has 0 spiro atoms. The van der Waals surface area contributed by atoms with Crippen LogP contribution in [-0.4, -0.2) is 19.6 Å². The number of aryl methyl sites for hydroxylation is 1. The molecule has 2 aromatic heterocycles. The van der Waals surface area contributed by atoms with Crippen LogP contribution in [0.15, 0.2) is 140 Å². The van der Waals surface area contributed by atoms with Crippen molar-refractivity contribution in [2.75, 3.05) is 0 Å². The largest absolute Gasteiger partial charge is 0.507 e. The van der Waals surface area contributed by atoms with Crippen LogP contribution in [0.4, 0.5) is 0 Å². The molecular weight excluding hydrogens is 767 g/mol. The van der Waals surface area contributed by atoms with Crippen LogP contribution < -0.4 is 0 Å². The molecule has 0 saturated carbocycles. The molecule has 0 saturated heterocycles. The number of aromatic hydroxyl groups is 1. The predicted molar refractivity (Wildman–Crippen MR) is 267 cm³/mol. The van der Waals surface area contributed by atoms with Crippen LogP contribution in [-0.2, 0) is 21.7 Å². The van der Waals surface area contributed by atoms with Gasteiger partial charge in [0.25, 0.3) is 0 Å². The fourth-order valence-electron chi connectivity index (χ4n) is 7.91. The number of phenolic OH excluding ortho intramolecular Hbond substituents is 1. The highest BCUT2D eigenvalue weighted by atomic mass is 16.3. The predicted octanol–water partition coefficient (Wildman–Crippen LogP) is 16.0. The molecule has 8 rings (SSSR count). The van der Waals surface area contributed by atoms with E-state index in [1.807, 2.05) is 90.1 Å². The van der Waals surface area contributed by atoms with Crippen LogP contribution in [0.5, 0.6) is 5.75 Å². The molecular formula is C59H63N3O. The van der Waals surface area contributed by atoms with Crippen molar-refractivity contribution in [3.05, 3.63) is 167 Å². The molecule has 1 N–H and O–H groups in total. The summed E-state index contributed by atoms with van der Waals surface area (Å²) in [6.45, 7) is -14.9. The fraction of sp³-hybridized carbons (Fsp3) is 0.288. The van der Waals surface area contributed by atoms with Crippen molar-refractivity contribution in [3.8, 4) is 67.5 Å². The summed E-state index contributed by atoms with van der Waals surface area (Å²) in [4.78, 5) is 9.96. The van der Waals surface area contributed by atoms with Gasteiger partial charge in [0.15, 0.2) is 0 Å². The van der Waals surface area contributed by atoms with Gasteiger partial charge in [-0.2, -0.15) is 0 Å². The van der Waals surface area contributed by atoms with Crippen molar-refractivity contribution in [1.82, 2.24) is 14.5 Å². The molecule has 63 heavy (non-hydrogen) atoms. The number of aromatic nitrogens is 3. The minimum absolute atomic E-state index is 0.147. The summed E-state index contributed by atoms with van der Waals surface area (Å²) in [5, 5.41) is 13.1. The zero-order valence-corrected chi connectivity index (χ0v) is 36.1. The number of imidazole rings is 1. The smallest absolute Gasteiger partial charge is 0.149 e. The Balaban J connectivity index is 1.59. The zero-order chi connectivity index (χ0) is 62.7. The van der Waals surface area contributed by atoms with Crippen LogP contribution in [0.25, 0.3) is 72.7 Å². The maximum atomic E-state index is 13.1. The Morgan fingerprint density at radius 2 is 1.19 bits per heavy atom. The SMILES string of the molecule is [2H]C([2H])([2H])c1ccc(-c2ccnc(-c3cc(-c4cccc5c4nc(-c4cc(C(C([2H])([2H])[2H])(C([2H])([2H])[2H])C([2H])([2H])[2H])cc(C(C([2H])([2H])[2H])(C([2H])([2H])[2H])C([2H])([2H])[2H])c4O)n5-c4ccc(C(C)(C)C)cc4-c4ccccc4)cc(C(C)(C)C)c3)c2)cc1. The lowest BCUT2D eigenvalue weighted by Gasteiger charge is -2.28. The summed E-state index contributed by atoms with van der Waals surface area (Å²) < 4.78 is 183. The number of phenols is 1. The van der Waals surface area contributed by atoms with E-state index < -0.39 is 97.9 Å². The van der Waals surface area contributed by atoms with Crippen molar-refractivity contribution in [2.45, 2.75) is 111 Å². The van der Waals surface area contributed by atoms with E-state index >= 15 is 0 Å². The van der Waals surface area contributed by atoms with Crippen molar-refractivity contribution in [2.24, 2.45) is 0 Å². The van der Waals surface area contributed by atoms with Crippen LogP contribution >= 0.6 is 0 Å². The number of rotatable bonds is 6. The minimum atomic E-state index is -4.16. The van der Waals surface area contributed by atoms with E-state index in [1.54, 1.807) is 79.0 Å². The molecule has 320 valence electrons. The molecule has 4 heteroatoms. The van der Waals surface area contributed by atoms with Gasteiger partial charge in [-0.25, -0.2) is 4.98 Å². The summed E-state index contributed by atoms with van der Waals surface area (Å²) in [5.74, 6) is -1.81. The highest BCUT2D eigenvalue weighted by Gasteiger charge is 2.30. The Labute approximate surface area is 405 Å². The number of hydrogen-bond acceptors (Lipinski definition) is 3. The Morgan fingerprint density at radius 1 is 0.508 bits per heavy atom. The lowest BCUT2D eigenvalue weighted by Crippen LogP contribution is -2.17. The quantitative estimate of drug-likeness (QED) is 0.181. The number of nitrogens with zero attached hydrogens (tertiary/aromatic N) is 3. The third kappa shape index (κ3) is 8.61. The lowest BCUT2D eigenvalue weighted by atomic mass is 9.79. The van der Waals surface area contributed by atoms with Crippen molar-refractivity contribution in [1.29, 1.82) is 0 Å². The molecule has 6 aromatic carbocycles. The van der Waals surface area contributed by atoms with Crippen LogP contribution in [0.2, 0.25) is 0 Å². The van der Waals surface area contributed by atoms with Gasteiger partial charge >= 0.3 is 0 Å². The van der Waals surface area contributed by atoms with Crippen LogP contribution in [0, 0.1) is 6.85 Å². The monoisotopic (exact) mass is 851 g/mol. The van der Waals surface area contributed by atoms with Gasteiger partial charge in [-0.3, -0.25) is 9.55 Å². The molecule has 0 aliphatic heterocycles. The first kappa shape index (κ1) is 24.5. The second kappa shape index (κ2) is 15.8. The van der Waals surface area contributed by atoms with Gasteiger partial charge in [0.05, 0.1) is 28.0 Å². The molecule has 0 fully saturated rings. The highest BCUT2D eigenvalue weighted by Crippen LogP contribution is 2.46. The Morgan fingerprint density at radius 3 is 1.87 bits per heavy atom. The summed E-state index contributed by atoms with van der Waals surface area (Å²) >= 11 is 0. The fourth-order valence-corrected chi connectivity index (χ4v) is 7.91. The van der Waals surface area contributed by atoms with Gasteiger partial charge in [-0.15, -0.1) is 0 Å². The first-order valence-corrected chi connectivity index (χ1v) is 20.6. The topological polar surface area (TPSA) is 50.9 Å². The maximum absolute atomic E-state index is 13.1. The van der Waals surface area contributed by atoms with Gasteiger partial charge in [-0.05, 0) is 116 Å². The Hall–Kier alpha value is -6.26. The molecule has 0 radical (unpaired) electrons. The van der Waals surface area contributed by atoms with E-state index in [9.17, 15) is 5.11 Å². The zero-order valence-electron chi connectivity index (χ0n) is 57.1. The molecule has 0 aliphatic carbocycles. The standard InChI is InChI=1S/C59H63N3O/c1-37-22-24-38(25-23-37)40-28-29-60-50(33-40)42-30-41(31-44(32-42)57(5,6)7)46-20-17-21-52-53(46)61-55(48-35-45(58(8,9)10)36-49(54(48)63)59(11,12)13)62(52)51-27-26-43(56(2,3)4)34-47(51)39-18-15-14-16-19-39/h14-36,63H,1-13H3/i1D3,8D3,9D3,10D3,11D3,12D3,13D3. The van der Waals surface area contributed by atoms with E-state index in [4.69, 9.17) is 38.8 Å². The summed E-state index contributed by atoms with van der Waals surface area (Å²) in [7, 11) is 0. The lowest BCUT2D eigenvalue weighted by molar-refractivity contribution is 0.446. The number of hydrogen-bond donors (Lipinski definition) is 1. The van der Waals surface area contributed by atoms with Crippen molar-refractivity contribution in [3.63, 3.8) is 0 Å². The van der Waals surface area contributed by atoms with Gasteiger partial charge < -0.3 is 5.11 Å². The summed E-state index contributed by atoms with van der Waals surface area (Å²) in [6, 6.07) is 36.6. The third-order valence-electron chi connectivity index (χ3n) is 11.4. The number of pyridine rings is 1. The van der Waals surface area contributed by atoms with Gasteiger partial charge in [0, 0.05) is 57.2 Å². The molecule has 0 atom stereocenters. The number of benzene rings is 6. The minimum Gasteiger partial charge on any atom is -0.507 e. The van der Waals surface area contributed by atoms with Crippen LogP contribution in [0.3, 0.4) is 0 Å². The molecule has 2 heterocycles. The van der Waals surface area contributed by atoms with E-state index in [2.05, 4.69) is 0 Å². The number of para-hydroxylation sites is 1. The average molecular weight is 851 g/mol. The molecule has 0 amide bonds. The van der Waals surface area contributed by atoms with E-state index in [-0.39, 0.29) is 22.7 Å². The average Bonchev–Trinajstić information content (AvgIpc) is 3.91. The first-order valence-electron chi connectivity index (χ1n) is 31.1. The normalized spacial score (nSPS) is 18.9. The Bertz CT molecular complexity index is 3700. The second-order valence-corrected chi connectivity index (χ2v) is 18.3. The highest BCUT2D eigenvalue weighted by molar-refractivity contribution is 5.98. The maximum Gasteiger partial charge on any atom is 0.149 e. The Kier molecular flexibility index (Phi) is 6.17. The molecule has 8 aromatic rings. The van der Waals surface area contributed by atoms with E-state index in [1.165, 1.54) is 4.57 Å². The molecule has 0 aliphatic rings. The summed E-state index contributed by atoms with van der Waals surface area (Å²) in [5.41, 5.74) is -5.38. The van der Waals surface area contributed by atoms with Crippen molar-refractivity contribution >= 4 is 11.0 Å². The van der Waals surface area contributed by atoms with E-state index in [0.29, 0.717) is 45.3 Å². The molecule has 4 nitrogen and oxygen atoms in total. The first-order chi connectivity index (χ1) is 38.3. The van der Waals surface area contributed by atoms with Gasteiger partial charge in [0.1, 0.15) is 11.6 Å². The van der Waals surface area contributed by atoms with Crippen LogP contribution in [0.1, 0.15) is 139 Å². The molecule has 0 bridgehead atoms. The van der Waals surface area contributed by atoms with Crippen molar-refractivity contribution < 1.29 is 33.9 Å². The van der Waals surface area contributed by atoms with E-state index in [0.717, 1.165) is 22.3 Å². The summed E-state index contributed by atoms with van der Waals surface area (Å²) in [6.07, 6.45) is 1.63. The third-order valence-corrected chi connectivity index (χ3v) is 11.4. The van der Waals surface area contributed by atoms with Gasteiger partial charge in [0.2, 0.25) is 0 Å².